The van der Waals surface area contributed by atoms with Crippen LogP contribution in [0.25, 0.3) is 0 Å². The Labute approximate surface area is 121 Å². The van der Waals surface area contributed by atoms with E-state index in [2.05, 4.69) is 21.2 Å². The van der Waals surface area contributed by atoms with Crippen LogP contribution in [-0.2, 0) is 0 Å². The summed E-state index contributed by atoms with van der Waals surface area (Å²) in [5.74, 6) is -3.60. The molecule has 0 heterocycles. The lowest BCUT2D eigenvalue weighted by atomic mass is 10.1. The Balaban J connectivity index is 2.33. The van der Waals surface area contributed by atoms with Crippen LogP contribution in [0.4, 0.5) is 18.9 Å². The highest BCUT2D eigenvalue weighted by Crippen LogP contribution is 2.25. The maximum atomic E-state index is 13.5. The van der Waals surface area contributed by atoms with E-state index in [0.29, 0.717) is 11.3 Å². The largest absolute Gasteiger partial charge is 0.322 e. The molecule has 0 saturated heterocycles. The smallest absolute Gasteiger partial charge is 0.258 e. The monoisotopic (exact) mass is 343 g/mol. The van der Waals surface area contributed by atoms with Gasteiger partial charge in [-0.15, -0.1) is 0 Å². The first-order chi connectivity index (χ1) is 9.40. The third-order valence-corrected chi connectivity index (χ3v) is 3.32. The van der Waals surface area contributed by atoms with Gasteiger partial charge in [-0.3, -0.25) is 4.79 Å². The van der Waals surface area contributed by atoms with Crippen molar-refractivity contribution in [1.29, 1.82) is 0 Å². The zero-order chi connectivity index (χ0) is 14.9. The number of amides is 1. The minimum Gasteiger partial charge on any atom is -0.322 e. The van der Waals surface area contributed by atoms with Gasteiger partial charge in [0, 0.05) is 5.69 Å². The van der Waals surface area contributed by atoms with Gasteiger partial charge in [-0.1, -0.05) is 6.07 Å². The van der Waals surface area contributed by atoms with Gasteiger partial charge in [0.15, 0.2) is 11.6 Å². The predicted molar refractivity (Wildman–Crippen MR) is 73.1 cm³/mol. The van der Waals surface area contributed by atoms with Crippen molar-refractivity contribution in [2.45, 2.75) is 6.92 Å². The van der Waals surface area contributed by atoms with Crippen molar-refractivity contribution in [2.24, 2.45) is 0 Å². The molecule has 0 aromatic heterocycles. The molecule has 1 amide bonds. The number of aryl methyl sites for hydroxylation is 1. The molecule has 0 fully saturated rings. The van der Waals surface area contributed by atoms with E-state index in [9.17, 15) is 18.0 Å². The van der Waals surface area contributed by atoms with Gasteiger partial charge in [0.25, 0.3) is 5.91 Å². The van der Waals surface area contributed by atoms with Gasteiger partial charge >= 0.3 is 0 Å². The molecule has 2 nitrogen and oxygen atoms in total. The Kier molecular flexibility index (Phi) is 4.13. The van der Waals surface area contributed by atoms with E-state index in [1.54, 1.807) is 6.92 Å². The van der Waals surface area contributed by atoms with Crippen LogP contribution in [-0.4, -0.2) is 5.91 Å². The number of hydrogen-bond acceptors (Lipinski definition) is 1. The third kappa shape index (κ3) is 2.85. The Hall–Kier alpha value is -1.82. The summed E-state index contributed by atoms with van der Waals surface area (Å²) < 4.78 is 40.0. The Morgan fingerprint density at radius 1 is 1.15 bits per heavy atom. The van der Waals surface area contributed by atoms with E-state index >= 15 is 0 Å². The van der Waals surface area contributed by atoms with E-state index in [-0.39, 0.29) is 4.47 Å². The van der Waals surface area contributed by atoms with E-state index in [1.807, 2.05) is 0 Å². The summed E-state index contributed by atoms with van der Waals surface area (Å²) in [5, 5.41) is 2.42. The number of nitrogens with one attached hydrogen (secondary N) is 1. The van der Waals surface area contributed by atoms with Gasteiger partial charge in [-0.25, -0.2) is 13.2 Å². The lowest BCUT2D eigenvalue weighted by Crippen LogP contribution is -2.15. The minimum atomic E-state index is -1.22. The molecule has 0 aliphatic carbocycles. The number of halogens is 4. The first-order valence-corrected chi connectivity index (χ1v) is 6.40. The van der Waals surface area contributed by atoms with Crippen molar-refractivity contribution in [3.8, 4) is 0 Å². The van der Waals surface area contributed by atoms with Crippen molar-refractivity contribution >= 4 is 27.5 Å². The summed E-state index contributed by atoms with van der Waals surface area (Å²) in [7, 11) is 0. The second kappa shape index (κ2) is 5.66. The van der Waals surface area contributed by atoms with E-state index in [0.717, 1.165) is 6.07 Å². The Bertz CT molecular complexity index is 688. The molecule has 0 aliphatic rings. The molecule has 0 bridgehead atoms. The predicted octanol–water partition coefficient (Wildman–Crippen LogP) is 4.43. The summed E-state index contributed by atoms with van der Waals surface area (Å²) >= 11 is 2.99. The SMILES string of the molecule is Cc1cc(F)c(Br)cc1NC(=O)c1cccc(F)c1F. The summed E-state index contributed by atoms with van der Waals surface area (Å²) in [4.78, 5) is 11.9. The molecule has 0 unspecified atom stereocenters. The molecule has 0 radical (unpaired) electrons. The molecule has 104 valence electrons. The molecule has 0 aliphatic heterocycles. The fraction of sp³-hybridized carbons (Fsp3) is 0.0714. The van der Waals surface area contributed by atoms with Crippen LogP contribution in [0.3, 0.4) is 0 Å². The van der Waals surface area contributed by atoms with Crippen LogP contribution in [0.2, 0.25) is 0 Å². The average Bonchev–Trinajstić information content (AvgIpc) is 2.39. The summed E-state index contributed by atoms with van der Waals surface area (Å²) in [5.41, 5.74) is 0.368. The lowest BCUT2D eigenvalue weighted by molar-refractivity contribution is 0.102. The highest BCUT2D eigenvalue weighted by atomic mass is 79.9. The highest BCUT2D eigenvalue weighted by molar-refractivity contribution is 9.10. The number of benzene rings is 2. The molecule has 2 rings (SSSR count). The van der Waals surface area contributed by atoms with E-state index in [4.69, 9.17) is 0 Å². The van der Waals surface area contributed by atoms with Crippen molar-refractivity contribution in [1.82, 2.24) is 0 Å². The molecule has 2 aromatic rings. The normalized spacial score (nSPS) is 10.4. The highest BCUT2D eigenvalue weighted by Gasteiger charge is 2.16. The van der Waals surface area contributed by atoms with E-state index in [1.165, 1.54) is 24.3 Å². The standard InChI is InChI=1S/C14H9BrF3NO/c1-7-5-11(17)9(15)6-12(7)19-14(20)8-3-2-4-10(16)13(8)18/h2-6H,1H3,(H,19,20). The van der Waals surface area contributed by atoms with Crippen LogP contribution >= 0.6 is 15.9 Å². The number of hydrogen-bond donors (Lipinski definition) is 1. The zero-order valence-electron chi connectivity index (χ0n) is 10.3. The fourth-order valence-electron chi connectivity index (χ4n) is 1.65. The quantitative estimate of drug-likeness (QED) is 0.858. The van der Waals surface area contributed by atoms with Crippen LogP contribution < -0.4 is 5.32 Å². The van der Waals surface area contributed by atoms with Crippen molar-refractivity contribution in [2.75, 3.05) is 5.32 Å². The van der Waals surface area contributed by atoms with Crippen LogP contribution in [0.15, 0.2) is 34.8 Å². The molecule has 0 saturated carbocycles. The van der Waals surface area contributed by atoms with Crippen LogP contribution in [0, 0.1) is 24.4 Å². The number of carbonyl (C=O) groups excluding carboxylic acids is 1. The number of carbonyl (C=O) groups is 1. The number of rotatable bonds is 2. The first-order valence-electron chi connectivity index (χ1n) is 5.61. The van der Waals surface area contributed by atoms with Gasteiger partial charge in [-0.05, 0) is 52.7 Å². The molecule has 6 heteroatoms. The van der Waals surface area contributed by atoms with E-state index < -0.39 is 28.9 Å². The van der Waals surface area contributed by atoms with Crippen molar-refractivity contribution in [3.05, 3.63) is 63.4 Å². The van der Waals surface area contributed by atoms with Gasteiger partial charge < -0.3 is 5.32 Å². The number of anilines is 1. The summed E-state index contributed by atoms with van der Waals surface area (Å²) in [6, 6.07) is 5.91. The summed E-state index contributed by atoms with van der Waals surface area (Å²) in [6.07, 6.45) is 0. The Morgan fingerprint density at radius 2 is 1.85 bits per heavy atom. The molecule has 20 heavy (non-hydrogen) atoms. The maximum Gasteiger partial charge on any atom is 0.258 e. The molecular weight excluding hydrogens is 335 g/mol. The van der Waals surface area contributed by atoms with Gasteiger partial charge in [0.2, 0.25) is 0 Å². The first kappa shape index (κ1) is 14.6. The van der Waals surface area contributed by atoms with Crippen LogP contribution in [0.5, 0.6) is 0 Å². The van der Waals surface area contributed by atoms with Crippen molar-refractivity contribution in [3.63, 3.8) is 0 Å². The average molecular weight is 344 g/mol. The minimum absolute atomic E-state index is 0.165. The molecule has 1 N–H and O–H groups in total. The van der Waals surface area contributed by atoms with Gasteiger partial charge in [0.05, 0.1) is 10.0 Å². The molecule has 2 aromatic carbocycles. The molecule has 0 atom stereocenters. The second-order valence-corrected chi connectivity index (χ2v) is 4.99. The van der Waals surface area contributed by atoms with Gasteiger partial charge in [0.1, 0.15) is 5.82 Å². The van der Waals surface area contributed by atoms with Crippen LogP contribution in [0.1, 0.15) is 15.9 Å². The topological polar surface area (TPSA) is 29.1 Å². The summed E-state index contributed by atoms with van der Waals surface area (Å²) in [6.45, 7) is 1.59. The Morgan fingerprint density at radius 3 is 2.55 bits per heavy atom. The second-order valence-electron chi connectivity index (χ2n) is 4.14. The zero-order valence-corrected chi connectivity index (χ0v) is 11.9. The molecule has 0 spiro atoms. The lowest BCUT2D eigenvalue weighted by Gasteiger charge is -2.10. The van der Waals surface area contributed by atoms with Gasteiger partial charge in [-0.2, -0.15) is 0 Å². The molecular formula is C14H9BrF3NO. The fourth-order valence-corrected chi connectivity index (χ4v) is 1.99. The van der Waals surface area contributed by atoms with Crippen molar-refractivity contribution < 1.29 is 18.0 Å². The third-order valence-electron chi connectivity index (χ3n) is 2.71. The maximum absolute atomic E-state index is 13.5.